The second-order valence-electron chi connectivity index (χ2n) is 6.39. The van der Waals surface area contributed by atoms with E-state index in [4.69, 9.17) is 4.74 Å². The fourth-order valence-corrected chi connectivity index (χ4v) is 3.48. The lowest BCUT2D eigenvalue weighted by Gasteiger charge is -2.28. The lowest BCUT2D eigenvalue weighted by molar-refractivity contribution is 0.0335. The molecule has 0 radical (unpaired) electrons. The first kappa shape index (κ1) is 16.6. The van der Waals surface area contributed by atoms with Crippen molar-refractivity contribution in [1.29, 1.82) is 0 Å². The fraction of sp³-hybridized carbons (Fsp3) is 0.263. The third kappa shape index (κ3) is 2.44. The lowest BCUT2D eigenvalue weighted by atomic mass is 9.82. The van der Waals surface area contributed by atoms with Gasteiger partial charge in [-0.15, -0.1) is 0 Å². The van der Waals surface area contributed by atoms with E-state index in [1.54, 1.807) is 0 Å². The van der Waals surface area contributed by atoms with Crippen molar-refractivity contribution in [3.05, 3.63) is 52.1 Å². The maximum Gasteiger partial charge on any atom is 0.201 e. The number of ether oxygens (including phenoxy) is 1. The highest BCUT2D eigenvalue weighted by Gasteiger charge is 2.36. The molecule has 0 saturated carbocycles. The van der Waals surface area contributed by atoms with Gasteiger partial charge in [0.25, 0.3) is 0 Å². The SMILES string of the molecule is O=C1c2cccc(O)c2C(=O)c2c1cc(O)c(CN1CCOCC1)c2O. The predicted molar refractivity (Wildman–Crippen MR) is 90.8 cm³/mol. The minimum Gasteiger partial charge on any atom is -0.507 e. The van der Waals surface area contributed by atoms with Crippen LogP contribution >= 0.6 is 0 Å². The quantitative estimate of drug-likeness (QED) is 0.638. The molecular weight excluding hydrogens is 338 g/mol. The van der Waals surface area contributed by atoms with Crippen molar-refractivity contribution < 1.29 is 29.6 Å². The maximum absolute atomic E-state index is 12.9. The summed E-state index contributed by atoms with van der Waals surface area (Å²) in [5.74, 6) is -2.12. The molecule has 0 aromatic heterocycles. The Morgan fingerprint density at radius 2 is 1.65 bits per heavy atom. The average molecular weight is 355 g/mol. The molecule has 26 heavy (non-hydrogen) atoms. The molecule has 0 bridgehead atoms. The first-order valence-electron chi connectivity index (χ1n) is 8.28. The second kappa shape index (κ2) is 6.12. The highest BCUT2D eigenvalue weighted by Crippen LogP contribution is 2.41. The number of ketones is 2. The largest absolute Gasteiger partial charge is 0.507 e. The van der Waals surface area contributed by atoms with E-state index < -0.39 is 17.3 Å². The zero-order valence-corrected chi connectivity index (χ0v) is 13.9. The number of carbonyl (C=O) groups is 2. The standard InChI is InChI=1S/C19H17NO6/c21-13-3-1-2-10-15(13)19(25)16-11(17(10)23)8-14(22)12(18(16)24)9-20-4-6-26-7-5-20/h1-3,8,21-22,24H,4-7,9H2. The third-order valence-corrected chi connectivity index (χ3v) is 4.85. The molecule has 4 rings (SSSR count). The number of carbonyl (C=O) groups excluding carboxylic acids is 2. The zero-order chi connectivity index (χ0) is 18.4. The smallest absolute Gasteiger partial charge is 0.201 e. The van der Waals surface area contributed by atoms with Crippen molar-refractivity contribution in [2.45, 2.75) is 6.54 Å². The highest BCUT2D eigenvalue weighted by molar-refractivity contribution is 6.30. The number of benzene rings is 2. The average Bonchev–Trinajstić information content (AvgIpc) is 2.63. The van der Waals surface area contributed by atoms with Crippen molar-refractivity contribution in [1.82, 2.24) is 4.90 Å². The predicted octanol–water partition coefficient (Wildman–Crippen LogP) is 1.41. The molecule has 2 aromatic carbocycles. The summed E-state index contributed by atoms with van der Waals surface area (Å²) >= 11 is 0. The number of rotatable bonds is 2. The van der Waals surface area contributed by atoms with Gasteiger partial charge in [0.2, 0.25) is 5.78 Å². The number of fused-ring (bicyclic) bond motifs is 2. The van der Waals surface area contributed by atoms with Crippen LogP contribution in [0.5, 0.6) is 17.2 Å². The Labute approximate surface area is 149 Å². The summed E-state index contributed by atoms with van der Waals surface area (Å²) in [7, 11) is 0. The molecule has 2 aliphatic rings. The molecule has 1 heterocycles. The summed E-state index contributed by atoms with van der Waals surface area (Å²) in [4.78, 5) is 27.5. The van der Waals surface area contributed by atoms with Gasteiger partial charge in [-0.25, -0.2) is 0 Å². The number of hydrogen-bond donors (Lipinski definition) is 3. The van der Waals surface area contributed by atoms with Crippen LogP contribution in [0.15, 0.2) is 24.3 Å². The summed E-state index contributed by atoms with van der Waals surface area (Å²) in [5.41, 5.74) is -0.116. The molecule has 3 N–H and O–H groups in total. The number of hydrogen-bond acceptors (Lipinski definition) is 7. The first-order chi connectivity index (χ1) is 12.5. The molecule has 0 atom stereocenters. The molecule has 7 nitrogen and oxygen atoms in total. The van der Waals surface area contributed by atoms with E-state index in [-0.39, 0.29) is 45.9 Å². The molecule has 0 amide bonds. The van der Waals surface area contributed by atoms with Crippen LogP contribution in [0, 0.1) is 0 Å². The topological polar surface area (TPSA) is 107 Å². The molecule has 0 unspecified atom stereocenters. The number of morpholine rings is 1. The molecule has 1 aliphatic heterocycles. The van der Waals surface area contributed by atoms with Gasteiger partial charge in [-0.2, -0.15) is 0 Å². The van der Waals surface area contributed by atoms with E-state index >= 15 is 0 Å². The van der Waals surface area contributed by atoms with Crippen LogP contribution in [0.25, 0.3) is 0 Å². The lowest BCUT2D eigenvalue weighted by Crippen LogP contribution is -2.35. The first-order valence-corrected chi connectivity index (χ1v) is 8.28. The van der Waals surface area contributed by atoms with Gasteiger partial charge in [-0.05, 0) is 12.1 Å². The molecule has 2 aromatic rings. The van der Waals surface area contributed by atoms with Gasteiger partial charge in [-0.3, -0.25) is 14.5 Å². The summed E-state index contributed by atoms with van der Waals surface area (Å²) in [6, 6.07) is 5.45. The summed E-state index contributed by atoms with van der Waals surface area (Å²) in [6.07, 6.45) is 0. The van der Waals surface area contributed by atoms with E-state index in [1.165, 1.54) is 24.3 Å². The van der Waals surface area contributed by atoms with Gasteiger partial charge >= 0.3 is 0 Å². The van der Waals surface area contributed by atoms with E-state index in [1.807, 2.05) is 4.90 Å². The minimum absolute atomic E-state index is 0.0576. The fourth-order valence-electron chi connectivity index (χ4n) is 3.48. The Morgan fingerprint density at radius 3 is 2.38 bits per heavy atom. The van der Waals surface area contributed by atoms with Crippen LogP contribution in [0.3, 0.4) is 0 Å². The van der Waals surface area contributed by atoms with Crippen LogP contribution in [-0.2, 0) is 11.3 Å². The van der Waals surface area contributed by atoms with Crippen molar-refractivity contribution in [3.63, 3.8) is 0 Å². The van der Waals surface area contributed by atoms with Gasteiger partial charge in [-0.1, -0.05) is 12.1 Å². The number of aromatic hydroxyl groups is 3. The Hall–Kier alpha value is -2.90. The number of phenolic OH excluding ortho intramolecular Hbond substituents is 3. The van der Waals surface area contributed by atoms with Gasteiger partial charge in [0.1, 0.15) is 17.2 Å². The second-order valence-corrected chi connectivity index (χ2v) is 6.39. The van der Waals surface area contributed by atoms with Crippen LogP contribution in [0.2, 0.25) is 0 Å². The van der Waals surface area contributed by atoms with Crippen LogP contribution in [0.1, 0.15) is 37.4 Å². The van der Waals surface area contributed by atoms with Crippen molar-refractivity contribution in [2.75, 3.05) is 26.3 Å². The zero-order valence-electron chi connectivity index (χ0n) is 13.9. The third-order valence-electron chi connectivity index (χ3n) is 4.85. The van der Waals surface area contributed by atoms with Crippen LogP contribution in [-0.4, -0.2) is 58.1 Å². The van der Waals surface area contributed by atoms with E-state index in [0.717, 1.165) is 0 Å². The van der Waals surface area contributed by atoms with E-state index in [0.29, 0.717) is 26.3 Å². The van der Waals surface area contributed by atoms with Gasteiger partial charge in [0.05, 0.1) is 29.9 Å². The Morgan fingerprint density at radius 1 is 0.923 bits per heavy atom. The Bertz CT molecular complexity index is 930. The number of phenols is 3. The van der Waals surface area contributed by atoms with Crippen molar-refractivity contribution in [2.24, 2.45) is 0 Å². The van der Waals surface area contributed by atoms with Gasteiger partial charge in [0, 0.05) is 30.8 Å². The molecule has 134 valence electrons. The van der Waals surface area contributed by atoms with E-state index in [2.05, 4.69) is 0 Å². The van der Waals surface area contributed by atoms with Crippen molar-refractivity contribution >= 4 is 11.6 Å². The molecule has 1 saturated heterocycles. The molecule has 7 heteroatoms. The molecular formula is C19H17NO6. The number of nitrogens with zero attached hydrogens (tertiary/aromatic N) is 1. The monoisotopic (exact) mass is 355 g/mol. The minimum atomic E-state index is -0.631. The highest BCUT2D eigenvalue weighted by atomic mass is 16.5. The Balaban J connectivity index is 1.83. The Kier molecular flexibility index (Phi) is 3.90. The molecule has 1 aliphatic carbocycles. The van der Waals surface area contributed by atoms with Gasteiger partial charge < -0.3 is 20.1 Å². The van der Waals surface area contributed by atoms with Crippen LogP contribution < -0.4 is 0 Å². The normalized spacial score (nSPS) is 17.1. The van der Waals surface area contributed by atoms with E-state index in [9.17, 15) is 24.9 Å². The summed E-state index contributed by atoms with van der Waals surface area (Å²) in [5, 5.41) is 31.1. The summed E-state index contributed by atoms with van der Waals surface area (Å²) < 4.78 is 5.28. The maximum atomic E-state index is 12.9. The molecule has 0 spiro atoms. The van der Waals surface area contributed by atoms with Crippen LogP contribution in [0.4, 0.5) is 0 Å². The van der Waals surface area contributed by atoms with Crippen molar-refractivity contribution in [3.8, 4) is 17.2 Å². The molecule has 1 fully saturated rings. The summed E-state index contributed by atoms with van der Waals surface area (Å²) in [6.45, 7) is 2.58. The van der Waals surface area contributed by atoms with Gasteiger partial charge in [0.15, 0.2) is 5.78 Å².